The Hall–Kier alpha value is -0.530. The molecule has 17 heavy (non-hydrogen) atoms. The van der Waals surface area contributed by atoms with E-state index in [1.807, 2.05) is 0 Å². The van der Waals surface area contributed by atoms with Gasteiger partial charge in [0.2, 0.25) is 0 Å². The van der Waals surface area contributed by atoms with Crippen LogP contribution in [0.25, 0.3) is 0 Å². The minimum atomic E-state index is 0.0862. The number of aryl methyl sites for hydroxylation is 2. The molecule has 0 bridgehead atoms. The van der Waals surface area contributed by atoms with Gasteiger partial charge in [-0.25, -0.2) is 0 Å². The first-order chi connectivity index (χ1) is 8.13. The lowest BCUT2D eigenvalue weighted by Crippen LogP contribution is -2.19. The Morgan fingerprint density at radius 2 is 2.18 bits per heavy atom. The molecule has 3 unspecified atom stereocenters. The van der Waals surface area contributed by atoms with Crippen LogP contribution in [0.3, 0.4) is 0 Å². The maximum Gasteiger partial charge on any atom is 0.0641 e. The van der Waals surface area contributed by atoms with E-state index in [2.05, 4.69) is 39.0 Å². The van der Waals surface area contributed by atoms with Crippen LogP contribution in [0, 0.1) is 19.8 Å². The molecule has 1 fully saturated rings. The van der Waals surface area contributed by atoms with Crippen molar-refractivity contribution in [1.82, 2.24) is 0 Å². The second kappa shape index (κ2) is 5.41. The zero-order chi connectivity index (χ0) is 12.4. The molecule has 1 aromatic rings. The van der Waals surface area contributed by atoms with Crippen molar-refractivity contribution >= 4 is 11.6 Å². The Kier molecular flexibility index (Phi) is 4.11. The standard InChI is InChI=1S/C15H21ClO/c1-4-14-13(7-8-17-14)15(16)12-6-5-10(2)9-11(12)3/h5-6,9,13-15H,4,7-8H2,1-3H3. The van der Waals surface area contributed by atoms with Gasteiger partial charge in [-0.15, -0.1) is 11.6 Å². The fourth-order valence-corrected chi connectivity index (χ4v) is 3.32. The van der Waals surface area contributed by atoms with E-state index in [4.69, 9.17) is 16.3 Å². The average Bonchev–Trinajstić information content (AvgIpc) is 2.76. The van der Waals surface area contributed by atoms with Crippen molar-refractivity contribution in [3.05, 3.63) is 34.9 Å². The molecule has 0 spiro atoms. The summed E-state index contributed by atoms with van der Waals surface area (Å²) in [7, 11) is 0. The van der Waals surface area contributed by atoms with Gasteiger partial charge in [-0.3, -0.25) is 0 Å². The number of benzene rings is 1. The lowest BCUT2D eigenvalue weighted by Gasteiger charge is -2.23. The topological polar surface area (TPSA) is 9.23 Å². The summed E-state index contributed by atoms with van der Waals surface area (Å²) in [5.74, 6) is 0.461. The van der Waals surface area contributed by atoms with Crippen LogP contribution < -0.4 is 0 Å². The number of rotatable bonds is 3. The van der Waals surface area contributed by atoms with E-state index >= 15 is 0 Å². The Morgan fingerprint density at radius 3 is 2.82 bits per heavy atom. The third-order valence-electron chi connectivity index (χ3n) is 3.76. The minimum Gasteiger partial charge on any atom is -0.378 e. The molecule has 94 valence electrons. The zero-order valence-corrected chi connectivity index (χ0v) is 11.6. The fourth-order valence-electron chi connectivity index (χ4n) is 2.79. The molecule has 2 heteroatoms. The molecule has 1 heterocycles. The van der Waals surface area contributed by atoms with E-state index in [1.165, 1.54) is 16.7 Å². The smallest absolute Gasteiger partial charge is 0.0641 e. The molecule has 0 saturated carbocycles. The minimum absolute atomic E-state index is 0.0862. The van der Waals surface area contributed by atoms with Crippen LogP contribution >= 0.6 is 11.6 Å². The average molecular weight is 253 g/mol. The molecule has 2 rings (SSSR count). The Bertz CT molecular complexity index is 389. The van der Waals surface area contributed by atoms with E-state index in [-0.39, 0.29) is 5.38 Å². The van der Waals surface area contributed by atoms with Gasteiger partial charge in [0.25, 0.3) is 0 Å². The Labute approximate surface area is 109 Å². The van der Waals surface area contributed by atoms with Gasteiger partial charge in [-0.05, 0) is 37.8 Å². The molecular formula is C15H21ClO. The van der Waals surface area contributed by atoms with Crippen molar-refractivity contribution in [2.45, 2.75) is 45.1 Å². The first-order valence-electron chi connectivity index (χ1n) is 6.46. The summed E-state index contributed by atoms with van der Waals surface area (Å²) in [6, 6.07) is 6.53. The fraction of sp³-hybridized carbons (Fsp3) is 0.600. The molecule has 0 radical (unpaired) electrons. The quantitative estimate of drug-likeness (QED) is 0.725. The lowest BCUT2D eigenvalue weighted by atomic mass is 9.89. The number of hydrogen-bond acceptors (Lipinski definition) is 1. The highest BCUT2D eigenvalue weighted by atomic mass is 35.5. The van der Waals surface area contributed by atoms with Crippen molar-refractivity contribution in [3.63, 3.8) is 0 Å². The molecular weight excluding hydrogens is 232 g/mol. The van der Waals surface area contributed by atoms with Crippen LogP contribution in [0.15, 0.2) is 18.2 Å². The predicted octanol–water partition coefficient (Wildman–Crippen LogP) is 4.40. The second-order valence-electron chi connectivity index (χ2n) is 5.03. The van der Waals surface area contributed by atoms with E-state index in [0.29, 0.717) is 12.0 Å². The van der Waals surface area contributed by atoms with Gasteiger partial charge in [0.1, 0.15) is 0 Å². The van der Waals surface area contributed by atoms with E-state index in [9.17, 15) is 0 Å². The van der Waals surface area contributed by atoms with Crippen molar-refractivity contribution in [3.8, 4) is 0 Å². The summed E-state index contributed by atoms with van der Waals surface area (Å²) < 4.78 is 5.74. The Morgan fingerprint density at radius 1 is 1.41 bits per heavy atom. The Balaban J connectivity index is 2.21. The molecule has 1 saturated heterocycles. The van der Waals surface area contributed by atoms with Crippen LogP contribution in [0.2, 0.25) is 0 Å². The summed E-state index contributed by atoms with van der Waals surface area (Å²) in [6.45, 7) is 7.30. The molecule has 1 nitrogen and oxygen atoms in total. The lowest BCUT2D eigenvalue weighted by molar-refractivity contribution is 0.0864. The summed E-state index contributed by atoms with van der Waals surface area (Å²) in [5.41, 5.74) is 3.86. The van der Waals surface area contributed by atoms with Gasteiger partial charge < -0.3 is 4.74 Å². The van der Waals surface area contributed by atoms with Gasteiger partial charge >= 0.3 is 0 Å². The molecule has 3 atom stereocenters. The zero-order valence-electron chi connectivity index (χ0n) is 10.9. The number of halogens is 1. The molecule has 1 aromatic carbocycles. The largest absolute Gasteiger partial charge is 0.378 e. The first kappa shape index (κ1) is 12.9. The van der Waals surface area contributed by atoms with E-state index in [1.54, 1.807) is 0 Å². The maximum atomic E-state index is 6.66. The second-order valence-corrected chi connectivity index (χ2v) is 5.50. The van der Waals surface area contributed by atoms with Crippen LogP contribution in [0.4, 0.5) is 0 Å². The molecule has 1 aliphatic heterocycles. The summed E-state index contributed by atoms with van der Waals surface area (Å²) in [6.07, 6.45) is 2.47. The van der Waals surface area contributed by atoms with E-state index < -0.39 is 0 Å². The monoisotopic (exact) mass is 252 g/mol. The maximum absolute atomic E-state index is 6.66. The molecule has 1 aliphatic rings. The number of alkyl halides is 1. The summed E-state index contributed by atoms with van der Waals surface area (Å²) in [5, 5.41) is 0.0862. The van der Waals surface area contributed by atoms with Crippen LogP contribution in [0.5, 0.6) is 0 Å². The highest BCUT2D eigenvalue weighted by Gasteiger charge is 2.33. The molecule has 0 aromatic heterocycles. The van der Waals surface area contributed by atoms with Gasteiger partial charge in [0.05, 0.1) is 11.5 Å². The van der Waals surface area contributed by atoms with Crippen molar-refractivity contribution in [1.29, 1.82) is 0 Å². The number of ether oxygens (including phenoxy) is 1. The first-order valence-corrected chi connectivity index (χ1v) is 6.90. The molecule has 0 N–H and O–H groups in total. The SMILES string of the molecule is CCC1OCCC1C(Cl)c1ccc(C)cc1C. The summed E-state index contributed by atoms with van der Waals surface area (Å²) in [4.78, 5) is 0. The highest BCUT2D eigenvalue weighted by molar-refractivity contribution is 6.21. The predicted molar refractivity (Wildman–Crippen MR) is 72.6 cm³/mol. The van der Waals surface area contributed by atoms with Crippen LogP contribution in [-0.2, 0) is 4.74 Å². The van der Waals surface area contributed by atoms with Crippen LogP contribution in [0.1, 0.15) is 41.8 Å². The van der Waals surface area contributed by atoms with Crippen molar-refractivity contribution in [2.24, 2.45) is 5.92 Å². The van der Waals surface area contributed by atoms with E-state index in [0.717, 1.165) is 19.4 Å². The van der Waals surface area contributed by atoms with Crippen LogP contribution in [-0.4, -0.2) is 12.7 Å². The van der Waals surface area contributed by atoms with Gasteiger partial charge in [-0.1, -0.05) is 30.7 Å². The van der Waals surface area contributed by atoms with Gasteiger partial charge in [0, 0.05) is 12.5 Å². The molecule has 0 aliphatic carbocycles. The third kappa shape index (κ3) is 2.66. The normalized spacial score (nSPS) is 26.1. The highest BCUT2D eigenvalue weighted by Crippen LogP contribution is 2.40. The van der Waals surface area contributed by atoms with Gasteiger partial charge in [-0.2, -0.15) is 0 Å². The van der Waals surface area contributed by atoms with Crippen molar-refractivity contribution in [2.75, 3.05) is 6.61 Å². The summed E-state index contributed by atoms with van der Waals surface area (Å²) >= 11 is 6.66. The third-order valence-corrected chi connectivity index (χ3v) is 4.32. The van der Waals surface area contributed by atoms with Gasteiger partial charge in [0.15, 0.2) is 0 Å². The molecule has 0 amide bonds. The van der Waals surface area contributed by atoms with Crippen molar-refractivity contribution < 1.29 is 4.74 Å². The number of hydrogen-bond donors (Lipinski definition) is 0.